The second-order valence-electron chi connectivity index (χ2n) is 5.82. The molecule has 0 aromatic carbocycles. The molecule has 0 radical (unpaired) electrons. The monoisotopic (exact) mass is 227 g/mol. The van der Waals surface area contributed by atoms with Crippen LogP contribution in [0.2, 0.25) is 0 Å². The van der Waals surface area contributed by atoms with E-state index in [9.17, 15) is 9.90 Å². The molecule has 2 rings (SSSR count). The number of nitrogens with zero attached hydrogens (tertiary/aromatic N) is 1. The van der Waals surface area contributed by atoms with Crippen LogP contribution in [0.15, 0.2) is 0 Å². The number of hydrogen-bond donors (Lipinski definition) is 1. The Hall–Kier alpha value is -0.770. The summed E-state index contributed by atoms with van der Waals surface area (Å²) < 4.78 is 5.37. The highest BCUT2D eigenvalue weighted by Crippen LogP contribution is 2.49. The topological polar surface area (TPSA) is 49.8 Å². The lowest BCUT2D eigenvalue weighted by atomic mass is 10.1. The molecule has 0 bridgehead atoms. The van der Waals surface area contributed by atoms with Gasteiger partial charge in [0.05, 0.1) is 0 Å². The number of ether oxygens (including phenoxy) is 1. The smallest absolute Gasteiger partial charge is 0.410 e. The van der Waals surface area contributed by atoms with Crippen LogP contribution in [0, 0.1) is 11.8 Å². The van der Waals surface area contributed by atoms with Gasteiger partial charge in [-0.2, -0.15) is 0 Å². The van der Waals surface area contributed by atoms with Crippen molar-refractivity contribution < 1.29 is 14.6 Å². The highest BCUT2D eigenvalue weighted by Gasteiger charge is 2.56. The fourth-order valence-electron chi connectivity index (χ4n) is 2.70. The van der Waals surface area contributed by atoms with E-state index >= 15 is 0 Å². The molecule has 1 amide bonds. The van der Waals surface area contributed by atoms with Gasteiger partial charge < -0.3 is 14.7 Å². The first-order valence-corrected chi connectivity index (χ1v) is 6.04. The summed E-state index contributed by atoms with van der Waals surface area (Å²) in [4.78, 5) is 13.7. The molecule has 0 aromatic rings. The van der Waals surface area contributed by atoms with Gasteiger partial charge in [0, 0.05) is 25.1 Å². The number of amides is 1. The number of aliphatic hydroxyl groups excluding tert-OH is 1. The van der Waals surface area contributed by atoms with E-state index in [0.717, 1.165) is 19.4 Å². The highest BCUT2D eigenvalue weighted by molar-refractivity contribution is 5.69. The number of piperidine rings is 1. The van der Waals surface area contributed by atoms with Crippen LogP contribution in [0.3, 0.4) is 0 Å². The zero-order chi connectivity index (χ0) is 11.9. The van der Waals surface area contributed by atoms with Gasteiger partial charge in [-0.1, -0.05) is 0 Å². The minimum atomic E-state index is -0.437. The third-order valence-electron chi connectivity index (χ3n) is 3.42. The number of rotatable bonds is 1. The summed E-state index contributed by atoms with van der Waals surface area (Å²) in [6.07, 6.45) is 1.93. The number of carbonyl (C=O) groups excluding carboxylic acids is 1. The van der Waals surface area contributed by atoms with E-state index in [2.05, 4.69) is 0 Å². The first kappa shape index (κ1) is 11.7. The summed E-state index contributed by atoms with van der Waals surface area (Å²) in [6, 6.07) is 0.230. The molecule has 92 valence electrons. The van der Waals surface area contributed by atoms with Gasteiger partial charge in [0.15, 0.2) is 0 Å². The van der Waals surface area contributed by atoms with Crippen molar-refractivity contribution in [1.82, 2.24) is 4.90 Å². The van der Waals surface area contributed by atoms with Gasteiger partial charge in [0.2, 0.25) is 0 Å². The molecule has 1 N–H and O–H groups in total. The Kier molecular flexibility index (Phi) is 2.86. The quantitative estimate of drug-likeness (QED) is 0.740. The van der Waals surface area contributed by atoms with Gasteiger partial charge in [-0.3, -0.25) is 0 Å². The molecule has 1 aliphatic carbocycles. The zero-order valence-corrected chi connectivity index (χ0v) is 10.3. The normalized spacial score (nSPS) is 33.2. The third-order valence-corrected chi connectivity index (χ3v) is 3.42. The average Bonchev–Trinajstić information content (AvgIpc) is 2.87. The molecular weight excluding hydrogens is 206 g/mol. The molecule has 0 unspecified atom stereocenters. The van der Waals surface area contributed by atoms with Crippen LogP contribution < -0.4 is 0 Å². The molecule has 1 saturated carbocycles. The zero-order valence-electron chi connectivity index (χ0n) is 10.3. The summed E-state index contributed by atoms with van der Waals surface area (Å²) in [5, 5.41) is 9.19. The molecule has 0 spiro atoms. The van der Waals surface area contributed by atoms with Gasteiger partial charge in [-0.25, -0.2) is 4.79 Å². The van der Waals surface area contributed by atoms with E-state index in [1.54, 1.807) is 4.90 Å². The van der Waals surface area contributed by atoms with Crippen LogP contribution in [-0.4, -0.2) is 40.9 Å². The predicted octanol–water partition coefficient (Wildman–Crippen LogP) is 1.62. The molecule has 16 heavy (non-hydrogen) atoms. The Labute approximate surface area is 96.6 Å². The van der Waals surface area contributed by atoms with E-state index in [4.69, 9.17) is 4.74 Å². The fraction of sp³-hybridized carbons (Fsp3) is 0.917. The predicted molar refractivity (Wildman–Crippen MR) is 60.0 cm³/mol. The molecule has 4 heteroatoms. The minimum absolute atomic E-state index is 0.189. The largest absolute Gasteiger partial charge is 0.444 e. The average molecular weight is 227 g/mol. The van der Waals surface area contributed by atoms with Crippen molar-refractivity contribution in [1.29, 1.82) is 0 Å². The van der Waals surface area contributed by atoms with Crippen molar-refractivity contribution in [3.05, 3.63) is 0 Å². The Balaban J connectivity index is 1.97. The van der Waals surface area contributed by atoms with Crippen LogP contribution in [0.25, 0.3) is 0 Å². The fourth-order valence-corrected chi connectivity index (χ4v) is 2.70. The molecule has 2 aliphatic rings. The van der Waals surface area contributed by atoms with E-state index in [1.807, 2.05) is 20.8 Å². The van der Waals surface area contributed by atoms with Crippen LogP contribution in [0.5, 0.6) is 0 Å². The van der Waals surface area contributed by atoms with Crippen LogP contribution in [0.4, 0.5) is 4.79 Å². The number of fused-ring (bicyclic) bond motifs is 1. The molecular formula is C12H21NO3. The Morgan fingerprint density at radius 2 is 2.19 bits per heavy atom. The highest BCUT2D eigenvalue weighted by atomic mass is 16.6. The van der Waals surface area contributed by atoms with Crippen molar-refractivity contribution in [3.8, 4) is 0 Å². The molecule has 1 saturated heterocycles. The van der Waals surface area contributed by atoms with Gasteiger partial charge in [0.1, 0.15) is 5.60 Å². The summed E-state index contributed by atoms with van der Waals surface area (Å²) in [6.45, 7) is 6.59. The Morgan fingerprint density at radius 1 is 1.50 bits per heavy atom. The van der Waals surface area contributed by atoms with E-state index < -0.39 is 5.60 Å². The molecule has 0 aromatic heterocycles. The van der Waals surface area contributed by atoms with Gasteiger partial charge in [-0.05, 0) is 39.5 Å². The maximum atomic E-state index is 11.9. The van der Waals surface area contributed by atoms with Crippen molar-refractivity contribution in [2.45, 2.75) is 45.3 Å². The summed E-state index contributed by atoms with van der Waals surface area (Å²) in [7, 11) is 0. The minimum Gasteiger partial charge on any atom is -0.444 e. The molecule has 3 atom stereocenters. The standard InChI is InChI=1S/C12H21NO3/c1-12(2,3)16-11(15)13-6-4-5-8-9(7-14)10(8)13/h8-10,14H,4-7H2,1-3H3/t8-,9-,10-/m0/s1. The van der Waals surface area contributed by atoms with Crippen LogP contribution in [0.1, 0.15) is 33.6 Å². The van der Waals surface area contributed by atoms with Gasteiger partial charge in [0.25, 0.3) is 0 Å². The first-order valence-electron chi connectivity index (χ1n) is 6.04. The number of likely N-dealkylation sites (tertiary alicyclic amines) is 1. The van der Waals surface area contributed by atoms with Crippen molar-refractivity contribution >= 4 is 6.09 Å². The lowest BCUT2D eigenvalue weighted by Gasteiger charge is -2.30. The summed E-state index contributed by atoms with van der Waals surface area (Å²) in [5.74, 6) is 0.793. The number of hydrogen-bond acceptors (Lipinski definition) is 3. The van der Waals surface area contributed by atoms with E-state index in [0.29, 0.717) is 5.92 Å². The van der Waals surface area contributed by atoms with Gasteiger partial charge in [-0.15, -0.1) is 0 Å². The maximum absolute atomic E-state index is 11.9. The van der Waals surface area contributed by atoms with Crippen molar-refractivity contribution in [2.75, 3.05) is 13.2 Å². The van der Waals surface area contributed by atoms with Gasteiger partial charge >= 0.3 is 6.09 Å². The van der Waals surface area contributed by atoms with Crippen molar-refractivity contribution in [2.24, 2.45) is 11.8 Å². The maximum Gasteiger partial charge on any atom is 0.410 e. The second-order valence-corrected chi connectivity index (χ2v) is 5.82. The Morgan fingerprint density at radius 3 is 2.75 bits per heavy atom. The SMILES string of the molecule is CC(C)(C)OC(=O)N1CCC[C@H]2[C@H](CO)[C@H]21. The first-order chi connectivity index (χ1) is 7.44. The molecule has 1 aliphatic heterocycles. The third kappa shape index (κ3) is 2.17. The van der Waals surface area contributed by atoms with E-state index in [-0.39, 0.29) is 24.7 Å². The number of carbonyl (C=O) groups is 1. The number of aliphatic hydroxyl groups is 1. The van der Waals surface area contributed by atoms with Crippen molar-refractivity contribution in [3.63, 3.8) is 0 Å². The lowest BCUT2D eigenvalue weighted by Crippen LogP contribution is -2.41. The van der Waals surface area contributed by atoms with E-state index in [1.165, 1.54) is 0 Å². The summed E-state index contributed by atoms with van der Waals surface area (Å²) in [5.41, 5.74) is -0.437. The molecule has 4 nitrogen and oxygen atoms in total. The van der Waals surface area contributed by atoms with Crippen LogP contribution in [-0.2, 0) is 4.74 Å². The lowest BCUT2D eigenvalue weighted by molar-refractivity contribution is 0.0185. The van der Waals surface area contributed by atoms with Crippen LogP contribution >= 0.6 is 0 Å². The summed E-state index contributed by atoms with van der Waals surface area (Å²) >= 11 is 0. The molecule has 2 fully saturated rings. The Bertz CT molecular complexity index is 280. The second kappa shape index (κ2) is 3.91. The molecule has 1 heterocycles.